The fourth-order valence-electron chi connectivity index (χ4n) is 2.83. The zero-order valence-electron chi connectivity index (χ0n) is 10.6. The highest BCUT2D eigenvalue weighted by Gasteiger charge is 2.38. The Morgan fingerprint density at radius 3 is 2.72 bits per heavy atom. The first-order chi connectivity index (χ1) is 8.71. The lowest BCUT2D eigenvalue weighted by atomic mass is 9.90. The van der Waals surface area contributed by atoms with Crippen LogP contribution >= 0.6 is 11.8 Å². The Hall–Kier alpha value is -0.990. The predicted octanol–water partition coefficient (Wildman–Crippen LogP) is 4.16. The lowest BCUT2D eigenvalue weighted by Crippen LogP contribution is -2.26. The number of benzene rings is 2. The lowest BCUT2D eigenvalue weighted by Gasteiger charge is -2.30. The molecule has 0 saturated carbocycles. The second-order valence-electron chi connectivity index (χ2n) is 5.24. The molecule has 2 unspecified atom stereocenters. The summed E-state index contributed by atoms with van der Waals surface area (Å²) < 4.78 is -0.0237. The third-order valence-electron chi connectivity index (χ3n) is 3.95. The van der Waals surface area contributed by atoms with Crippen LogP contribution in [0.15, 0.2) is 42.5 Å². The summed E-state index contributed by atoms with van der Waals surface area (Å²) in [4.78, 5) is 0. The van der Waals surface area contributed by atoms with Crippen LogP contribution in [-0.2, 0) is 0 Å². The molecule has 18 heavy (non-hydrogen) atoms. The summed E-state index contributed by atoms with van der Waals surface area (Å²) in [7, 11) is 0. The van der Waals surface area contributed by atoms with E-state index in [1.165, 1.54) is 22.9 Å². The summed E-state index contributed by atoms with van der Waals surface area (Å²) in [5.74, 6) is 1.17. The van der Waals surface area contributed by atoms with Crippen molar-refractivity contribution in [3.8, 4) is 0 Å². The van der Waals surface area contributed by atoms with E-state index in [1.807, 2.05) is 30.0 Å². The molecule has 0 amide bonds. The monoisotopic (exact) mass is 258 g/mol. The summed E-state index contributed by atoms with van der Waals surface area (Å²) in [6, 6.07) is 14.5. The number of fused-ring (bicyclic) bond motifs is 1. The summed E-state index contributed by atoms with van der Waals surface area (Å²) in [6.45, 7) is 2.19. The molecule has 3 rings (SSSR count). The van der Waals surface area contributed by atoms with Gasteiger partial charge in [-0.2, -0.15) is 11.8 Å². The molecule has 0 aliphatic carbocycles. The van der Waals surface area contributed by atoms with Gasteiger partial charge < -0.3 is 5.11 Å². The Morgan fingerprint density at radius 2 is 1.94 bits per heavy atom. The van der Waals surface area contributed by atoms with E-state index in [0.717, 1.165) is 12.0 Å². The van der Waals surface area contributed by atoms with Gasteiger partial charge in [-0.05, 0) is 41.9 Å². The van der Waals surface area contributed by atoms with Crippen LogP contribution in [0.5, 0.6) is 0 Å². The molecule has 0 spiro atoms. The molecule has 1 N–H and O–H groups in total. The van der Waals surface area contributed by atoms with Gasteiger partial charge >= 0.3 is 0 Å². The highest BCUT2D eigenvalue weighted by atomic mass is 32.2. The average Bonchev–Trinajstić information content (AvgIpc) is 2.85. The predicted molar refractivity (Wildman–Crippen MR) is 79.0 cm³/mol. The first-order valence-electron chi connectivity index (χ1n) is 6.50. The van der Waals surface area contributed by atoms with Gasteiger partial charge in [0.25, 0.3) is 0 Å². The molecule has 2 aromatic rings. The molecule has 2 heteroatoms. The third kappa shape index (κ3) is 1.94. The first-order valence-corrected chi connectivity index (χ1v) is 7.49. The average molecular weight is 258 g/mol. The van der Waals surface area contributed by atoms with Crippen LogP contribution in [0, 0.1) is 0 Å². The molecular weight excluding hydrogens is 240 g/mol. The van der Waals surface area contributed by atoms with Gasteiger partial charge in [0.15, 0.2) is 0 Å². The van der Waals surface area contributed by atoms with Crippen molar-refractivity contribution in [2.75, 3.05) is 5.75 Å². The van der Waals surface area contributed by atoms with Crippen LogP contribution < -0.4 is 0 Å². The van der Waals surface area contributed by atoms with E-state index in [-0.39, 0.29) is 10.9 Å². The van der Waals surface area contributed by atoms with E-state index in [9.17, 15) is 5.11 Å². The SMILES string of the molecule is CC1(C(O)c2cccc3ccccc23)CCCS1. The Bertz CT molecular complexity index is 553. The largest absolute Gasteiger partial charge is 0.387 e. The number of aliphatic hydroxyl groups excluding tert-OH is 1. The molecule has 1 heterocycles. The van der Waals surface area contributed by atoms with Crippen molar-refractivity contribution in [2.45, 2.75) is 30.6 Å². The van der Waals surface area contributed by atoms with Crippen molar-refractivity contribution in [3.05, 3.63) is 48.0 Å². The van der Waals surface area contributed by atoms with Gasteiger partial charge in [0.05, 0.1) is 6.10 Å². The summed E-state index contributed by atoms with van der Waals surface area (Å²) in [6.07, 6.45) is 1.93. The van der Waals surface area contributed by atoms with E-state index >= 15 is 0 Å². The Kier molecular flexibility index (Phi) is 3.08. The normalized spacial score (nSPS) is 25.4. The van der Waals surface area contributed by atoms with Gasteiger partial charge in [-0.1, -0.05) is 42.5 Å². The van der Waals surface area contributed by atoms with Crippen molar-refractivity contribution in [2.24, 2.45) is 0 Å². The van der Waals surface area contributed by atoms with Gasteiger partial charge in [0, 0.05) is 4.75 Å². The third-order valence-corrected chi connectivity index (χ3v) is 5.53. The summed E-state index contributed by atoms with van der Waals surface area (Å²) in [5.41, 5.74) is 1.07. The van der Waals surface area contributed by atoms with Crippen molar-refractivity contribution in [1.29, 1.82) is 0 Å². The molecule has 1 aliphatic heterocycles. The number of hydrogen-bond acceptors (Lipinski definition) is 2. The molecule has 2 atom stereocenters. The molecule has 2 aromatic carbocycles. The van der Waals surface area contributed by atoms with Crippen LogP contribution in [-0.4, -0.2) is 15.6 Å². The minimum absolute atomic E-state index is 0.0237. The number of hydrogen-bond donors (Lipinski definition) is 1. The van der Waals surface area contributed by atoms with E-state index in [2.05, 4.69) is 31.2 Å². The van der Waals surface area contributed by atoms with Crippen molar-refractivity contribution >= 4 is 22.5 Å². The quantitative estimate of drug-likeness (QED) is 0.873. The van der Waals surface area contributed by atoms with Gasteiger partial charge in [0.1, 0.15) is 0 Å². The molecule has 0 aromatic heterocycles. The molecule has 1 nitrogen and oxygen atoms in total. The molecular formula is C16H18OS. The van der Waals surface area contributed by atoms with Gasteiger partial charge in [-0.25, -0.2) is 0 Å². The van der Waals surface area contributed by atoms with E-state index in [4.69, 9.17) is 0 Å². The molecule has 1 saturated heterocycles. The topological polar surface area (TPSA) is 20.2 Å². The maximum Gasteiger partial charge on any atom is 0.0939 e. The fourth-order valence-corrected chi connectivity index (χ4v) is 4.16. The molecule has 0 radical (unpaired) electrons. The zero-order chi connectivity index (χ0) is 12.6. The summed E-state index contributed by atoms with van der Waals surface area (Å²) in [5, 5.41) is 13.1. The number of thioether (sulfide) groups is 1. The molecule has 94 valence electrons. The maximum atomic E-state index is 10.8. The van der Waals surface area contributed by atoms with Crippen LogP contribution in [0.4, 0.5) is 0 Å². The smallest absolute Gasteiger partial charge is 0.0939 e. The highest BCUT2D eigenvalue weighted by Crippen LogP contribution is 2.47. The van der Waals surface area contributed by atoms with Crippen molar-refractivity contribution in [1.82, 2.24) is 0 Å². The summed E-state index contributed by atoms with van der Waals surface area (Å²) >= 11 is 1.91. The minimum atomic E-state index is -0.379. The fraction of sp³-hybridized carbons (Fsp3) is 0.375. The van der Waals surface area contributed by atoms with Gasteiger partial charge in [-0.3, -0.25) is 0 Å². The minimum Gasteiger partial charge on any atom is -0.387 e. The van der Waals surface area contributed by atoms with Gasteiger partial charge in [-0.15, -0.1) is 0 Å². The molecule has 1 fully saturated rings. The lowest BCUT2D eigenvalue weighted by molar-refractivity contribution is 0.136. The van der Waals surface area contributed by atoms with Crippen LogP contribution in [0.1, 0.15) is 31.4 Å². The standard InChI is InChI=1S/C16H18OS/c1-16(10-5-11-18-16)15(17)14-9-4-7-12-6-2-3-8-13(12)14/h2-4,6-9,15,17H,5,10-11H2,1H3. The zero-order valence-corrected chi connectivity index (χ0v) is 11.4. The number of rotatable bonds is 2. The van der Waals surface area contributed by atoms with Crippen LogP contribution in [0.2, 0.25) is 0 Å². The molecule has 1 aliphatic rings. The highest BCUT2D eigenvalue weighted by molar-refractivity contribution is 8.00. The van der Waals surface area contributed by atoms with Crippen LogP contribution in [0.25, 0.3) is 10.8 Å². The first kappa shape index (κ1) is 12.1. The van der Waals surface area contributed by atoms with Crippen molar-refractivity contribution < 1.29 is 5.11 Å². The molecule has 0 bridgehead atoms. The Balaban J connectivity index is 2.08. The van der Waals surface area contributed by atoms with E-state index in [1.54, 1.807) is 0 Å². The second-order valence-corrected chi connectivity index (χ2v) is 6.87. The second kappa shape index (κ2) is 4.60. The maximum absolute atomic E-state index is 10.8. The van der Waals surface area contributed by atoms with E-state index < -0.39 is 0 Å². The van der Waals surface area contributed by atoms with E-state index in [0.29, 0.717) is 0 Å². The number of aliphatic hydroxyl groups is 1. The van der Waals surface area contributed by atoms with Crippen LogP contribution in [0.3, 0.4) is 0 Å². The Labute approximate surface area is 112 Å². The van der Waals surface area contributed by atoms with Crippen molar-refractivity contribution in [3.63, 3.8) is 0 Å². The van der Waals surface area contributed by atoms with Gasteiger partial charge in [0.2, 0.25) is 0 Å². The Morgan fingerprint density at radius 1 is 1.17 bits per heavy atom.